The maximum absolute atomic E-state index is 12.8. The van der Waals surface area contributed by atoms with Crippen molar-refractivity contribution in [1.82, 2.24) is 20.1 Å². The van der Waals surface area contributed by atoms with E-state index in [2.05, 4.69) is 28.4 Å². The lowest BCUT2D eigenvalue weighted by molar-refractivity contribution is 0.0932. The molecule has 1 saturated carbocycles. The molecule has 1 aliphatic carbocycles. The third-order valence-electron chi connectivity index (χ3n) is 6.14. The van der Waals surface area contributed by atoms with Gasteiger partial charge in [0.1, 0.15) is 12.4 Å². The van der Waals surface area contributed by atoms with Gasteiger partial charge in [-0.3, -0.25) is 14.5 Å². The van der Waals surface area contributed by atoms with Crippen LogP contribution >= 0.6 is 0 Å². The average molecular weight is 388 g/mol. The van der Waals surface area contributed by atoms with Crippen molar-refractivity contribution in [3.8, 4) is 17.0 Å². The molecule has 1 spiro atoms. The van der Waals surface area contributed by atoms with Crippen LogP contribution < -0.4 is 10.1 Å². The van der Waals surface area contributed by atoms with Crippen LogP contribution in [0.3, 0.4) is 0 Å². The summed E-state index contributed by atoms with van der Waals surface area (Å²) >= 11 is 0. The lowest BCUT2D eigenvalue weighted by Gasteiger charge is -2.16. The van der Waals surface area contributed by atoms with E-state index in [0.717, 1.165) is 53.0 Å². The molecule has 6 heteroatoms. The van der Waals surface area contributed by atoms with Gasteiger partial charge in [0.2, 0.25) is 0 Å². The number of amides is 1. The number of fused-ring (bicyclic) bond motifs is 1. The molecular formula is C23H24N4O2. The monoisotopic (exact) mass is 388 g/mol. The fourth-order valence-electron chi connectivity index (χ4n) is 3.95. The molecule has 148 valence electrons. The van der Waals surface area contributed by atoms with Crippen LogP contribution in [0, 0.1) is 13.8 Å². The third-order valence-corrected chi connectivity index (χ3v) is 6.14. The van der Waals surface area contributed by atoms with E-state index in [1.165, 1.54) is 5.56 Å². The molecule has 0 saturated heterocycles. The summed E-state index contributed by atoms with van der Waals surface area (Å²) in [6.07, 6.45) is 8.37. The van der Waals surface area contributed by atoms with Gasteiger partial charge in [-0.05, 0) is 67.5 Å². The zero-order chi connectivity index (χ0) is 20.2. The van der Waals surface area contributed by atoms with E-state index in [9.17, 15) is 4.79 Å². The standard InChI is InChI=1S/C23H24N4O2/c1-14-15(2)21-19(22(28)26-23(6-7-23)13-29-21)9-17(14)8-16-4-5-20(24-10-16)18-11-25-27(3)12-18/h4-5,9-12H,6-8,13H2,1-3H3,(H,26,28). The molecule has 1 N–H and O–H groups in total. The summed E-state index contributed by atoms with van der Waals surface area (Å²) < 4.78 is 7.85. The van der Waals surface area contributed by atoms with E-state index < -0.39 is 0 Å². The molecule has 1 amide bonds. The number of benzene rings is 1. The topological polar surface area (TPSA) is 69.0 Å². The van der Waals surface area contributed by atoms with Crippen LogP contribution in [0.25, 0.3) is 11.3 Å². The van der Waals surface area contributed by atoms with Crippen molar-refractivity contribution in [2.24, 2.45) is 7.05 Å². The van der Waals surface area contributed by atoms with Gasteiger partial charge in [0.05, 0.1) is 23.0 Å². The summed E-state index contributed by atoms with van der Waals surface area (Å²) in [5.41, 5.74) is 6.84. The Morgan fingerprint density at radius 2 is 2.03 bits per heavy atom. The minimum absolute atomic E-state index is 0.0237. The highest BCUT2D eigenvalue weighted by atomic mass is 16.5. The van der Waals surface area contributed by atoms with Gasteiger partial charge < -0.3 is 10.1 Å². The average Bonchev–Trinajstić information content (AvgIpc) is 3.36. The summed E-state index contributed by atoms with van der Waals surface area (Å²) in [6.45, 7) is 4.70. The van der Waals surface area contributed by atoms with Gasteiger partial charge in [-0.15, -0.1) is 0 Å². The van der Waals surface area contributed by atoms with E-state index in [-0.39, 0.29) is 11.4 Å². The molecule has 6 nitrogen and oxygen atoms in total. The molecule has 3 aromatic rings. The molecule has 29 heavy (non-hydrogen) atoms. The van der Waals surface area contributed by atoms with Crippen molar-refractivity contribution in [1.29, 1.82) is 0 Å². The number of carbonyl (C=O) groups is 1. The number of pyridine rings is 1. The van der Waals surface area contributed by atoms with Crippen LogP contribution in [0.2, 0.25) is 0 Å². The van der Waals surface area contributed by atoms with Crippen LogP contribution in [0.4, 0.5) is 0 Å². The van der Waals surface area contributed by atoms with Gasteiger partial charge in [-0.1, -0.05) is 6.07 Å². The molecule has 0 radical (unpaired) electrons. The Bertz CT molecular complexity index is 1110. The predicted molar refractivity (Wildman–Crippen MR) is 110 cm³/mol. The molecule has 1 aromatic carbocycles. The van der Waals surface area contributed by atoms with Gasteiger partial charge >= 0.3 is 0 Å². The number of nitrogens with zero attached hydrogens (tertiary/aromatic N) is 3. The van der Waals surface area contributed by atoms with E-state index in [4.69, 9.17) is 4.74 Å². The number of rotatable bonds is 3. The van der Waals surface area contributed by atoms with Crippen molar-refractivity contribution in [3.05, 3.63) is 64.6 Å². The lowest BCUT2D eigenvalue weighted by atomic mass is 9.93. The van der Waals surface area contributed by atoms with Crippen LogP contribution in [0.5, 0.6) is 5.75 Å². The number of carbonyl (C=O) groups excluding carboxylic acids is 1. The summed E-state index contributed by atoms with van der Waals surface area (Å²) in [6, 6.07) is 6.10. The molecule has 0 bridgehead atoms. The molecule has 0 unspecified atom stereocenters. The molecule has 0 atom stereocenters. The summed E-state index contributed by atoms with van der Waals surface area (Å²) in [7, 11) is 1.90. The number of aromatic nitrogens is 3. The summed E-state index contributed by atoms with van der Waals surface area (Å²) in [5.74, 6) is 0.710. The second-order valence-corrected chi connectivity index (χ2v) is 8.32. The van der Waals surface area contributed by atoms with Gasteiger partial charge in [0, 0.05) is 25.0 Å². The van der Waals surface area contributed by atoms with Gasteiger partial charge in [-0.2, -0.15) is 5.10 Å². The lowest BCUT2D eigenvalue weighted by Crippen LogP contribution is -2.38. The Balaban J connectivity index is 1.44. The first-order chi connectivity index (χ1) is 13.9. The maximum Gasteiger partial charge on any atom is 0.255 e. The van der Waals surface area contributed by atoms with E-state index in [1.807, 2.05) is 44.7 Å². The second kappa shape index (κ2) is 6.44. The highest BCUT2D eigenvalue weighted by Gasteiger charge is 2.47. The predicted octanol–water partition coefficient (Wildman–Crippen LogP) is 3.34. The number of ether oxygens (including phenoxy) is 1. The van der Waals surface area contributed by atoms with Crippen molar-refractivity contribution < 1.29 is 9.53 Å². The quantitative estimate of drug-likeness (QED) is 0.747. The molecule has 2 aliphatic rings. The van der Waals surface area contributed by atoms with E-state index in [0.29, 0.717) is 12.2 Å². The number of hydrogen-bond acceptors (Lipinski definition) is 4. The zero-order valence-corrected chi connectivity index (χ0v) is 17.0. The first kappa shape index (κ1) is 17.9. The van der Waals surface area contributed by atoms with Gasteiger partial charge in [-0.25, -0.2) is 0 Å². The van der Waals surface area contributed by atoms with Crippen LogP contribution in [-0.2, 0) is 13.5 Å². The van der Waals surface area contributed by atoms with E-state index >= 15 is 0 Å². The number of hydrogen-bond donors (Lipinski definition) is 1. The maximum atomic E-state index is 12.8. The Morgan fingerprint density at radius 1 is 1.21 bits per heavy atom. The van der Waals surface area contributed by atoms with E-state index in [1.54, 1.807) is 4.68 Å². The Hall–Kier alpha value is -3.15. The van der Waals surface area contributed by atoms with Gasteiger partial charge in [0.15, 0.2) is 0 Å². The van der Waals surface area contributed by atoms with Crippen molar-refractivity contribution in [3.63, 3.8) is 0 Å². The molecule has 2 aromatic heterocycles. The zero-order valence-electron chi connectivity index (χ0n) is 17.0. The largest absolute Gasteiger partial charge is 0.490 e. The Labute approximate surface area is 169 Å². The summed E-state index contributed by atoms with van der Waals surface area (Å²) in [5, 5.41) is 7.37. The van der Waals surface area contributed by atoms with Crippen LogP contribution in [0.15, 0.2) is 36.8 Å². The third kappa shape index (κ3) is 3.18. The molecule has 1 fully saturated rings. The van der Waals surface area contributed by atoms with Crippen LogP contribution in [-0.4, -0.2) is 32.8 Å². The molecule has 1 aliphatic heterocycles. The normalized spacial score (nSPS) is 16.7. The van der Waals surface area contributed by atoms with Crippen molar-refractivity contribution in [2.75, 3.05) is 6.61 Å². The molecular weight excluding hydrogens is 364 g/mol. The Morgan fingerprint density at radius 3 is 2.69 bits per heavy atom. The highest BCUT2D eigenvalue weighted by molar-refractivity contribution is 5.99. The van der Waals surface area contributed by atoms with Gasteiger partial charge in [0.25, 0.3) is 5.91 Å². The highest BCUT2D eigenvalue weighted by Crippen LogP contribution is 2.41. The van der Waals surface area contributed by atoms with Crippen molar-refractivity contribution in [2.45, 2.75) is 38.6 Å². The Kier molecular flexibility index (Phi) is 3.98. The fourth-order valence-corrected chi connectivity index (χ4v) is 3.95. The molecule has 3 heterocycles. The second-order valence-electron chi connectivity index (χ2n) is 8.32. The fraction of sp³-hybridized carbons (Fsp3) is 0.348. The first-order valence-corrected chi connectivity index (χ1v) is 9.96. The summed E-state index contributed by atoms with van der Waals surface area (Å²) in [4.78, 5) is 17.4. The minimum Gasteiger partial charge on any atom is -0.490 e. The smallest absolute Gasteiger partial charge is 0.255 e. The number of nitrogens with one attached hydrogen (secondary N) is 1. The van der Waals surface area contributed by atoms with Crippen LogP contribution in [0.1, 0.15) is 45.5 Å². The minimum atomic E-state index is -0.150. The SMILES string of the molecule is Cc1c(Cc2ccc(-c3cnn(C)c3)nc2)cc2c(c1C)OCC1(CC1)NC2=O. The van der Waals surface area contributed by atoms with Crippen molar-refractivity contribution >= 4 is 5.91 Å². The first-order valence-electron chi connectivity index (χ1n) is 9.96. The number of aryl methyl sites for hydroxylation is 1. The molecule has 5 rings (SSSR count).